The van der Waals surface area contributed by atoms with Crippen LogP contribution in [0.25, 0.3) is 0 Å². The largest absolute Gasteiger partial charge is 0.381 e. The van der Waals surface area contributed by atoms with E-state index in [-0.39, 0.29) is 11.9 Å². The molecule has 4 heteroatoms. The topological polar surface area (TPSA) is 35.2 Å². The maximum Gasteiger partial charge on any atom is 0.126 e. The van der Waals surface area contributed by atoms with E-state index in [0.717, 1.165) is 19.4 Å². The first-order valence-corrected chi connectivity index (χ1v) is 6.32. The van der Waals surface area contributed by atoms with Crippen LogP contribution in [0, 0.1) is 11.7 Å². The molecule has 2 rings (SSSR count). The normalized spacial score (nSPS) is 22.4. The highest BCUT2D eigenvalue weighted by atomic mass is 35.5. The minimum absolute atomic E-state index is 0.0664. The van der Waals surface area contributed by atoms with Crippen LogP contribution in [-0.2, 0) is 11.2 Å². The maximum absolute atomic E-state index is 13.6. The molecule has 94 valence electrons. The van der Waals surface area contributed by atoms with Crippen molar-refractivity contribution in [3.05, 3.63) is 34.6 Å². The highest BCUT2D eigenvalue weighted by molar-refractivity contribution is 6.30. The third-order valence-corrected chi connectivity index (χ3v) is 3.50. The highest BCUT2D eigenvalue weighted by Crippen LogP contribution is 2.21. The Morgan fingerprint density at radius 2 is 2.35 bits per heavy atom. The Hall–Kier alpha value is -0.640. The van der Waals surface area contributed by atoms with Gasteiger partial charge in [0.15, 0.2) is 0 Å². The van der Waals surface area contributed by atoms with Gasteiger partial charge in [0, 0.05) is 17.7 Å². The summed E-state index contributed by atoms with van der Waals surface area (Å²) >= 11 is 5.85. The van der Waals surface area contributed by atoms with Gasteiger partial charge >= 0.3 is 0 Å². The average Bonchev–Trinajstić information content (AvgIpc) is 2.35. The first kappa shape index (κ1) is 12.8. The molecule has 1 aliphatic heterocycles. The van der Waals surface area contributed by atoms with Gasteiger partial charge in [-0.25, -0.2) is 4.39 Å². The van der Waals surface area contributed by atoms with E-state index in [1.54, 1.807) is 12.1 Å². The molecule has 0 radical (unpaired) electrons. The lowest BCUT2D eigenvalue weighted by molar-refractivity contribution is 0.0449. The standard InChI is InChI=1S/C13H17ClFNO/c14-11-3-4-12(15)10(6-11)7-13(16)9-2-1-5-17-8-9/h3-4,6,9,13H,1-2,5,7-8,16H2. The number of ether oxygens (including phenoxy) is 1. The van der Waals surface area contributed by atoms with Crippen LogP contribution in [0.1, 0.15) is 18.4 Å². The quantitative estimate of drug-likeness (QED) is 0.904. The molecule has 1 saturated heterocycles. The van der Waals surface area contributed by atoms with Gasteiger partial charge in [0.1, 0.15) is 5.82 Å². The number of hydrogen-bond acceptors (Lipinski definition) is 2. The number of benzene rings is 1. The number of rotatable bonds is 3. The lowest BCUT2D eigenvalue weighted by Crippen LogP contribution is -2.37. The van der Waals surface area contributed by atoms with Gasteiger partial charge in [0.25, 0.3) is 0 Å². The summed E-state index contributed by atoms with van der Waals surface area (Å²) in [6, 6.07) is 4.53. The van der Waals surface area contributed by atoms with Crippen molar-refractivity contribution in [3.8, 4) is 0 Å². The van der Waals surface area contributed by atoms with Crippen LogP contribution in [0.5, 0.6) is 0 Å². The predicted molar refractivity (Wildman–Crippen MR) is 66.6 cm³/mol. The highest BCUT2D eigenvalue weighted by Gasteiger charge is 2.22. The third kappa shape index (κ3) is 3.41. The van der Waals surface area contributed by atoms with E-state index < -0.39 is 0 Å². The summed E-state index contributed by atoms with van der Waals surface area (Å²) in [7, 11) is 0. The predicted octanol–water partition coefficient (Wildman–Crippen LogP) is 2.78. The molecule has 2 unspecified atom stereocenters. The smallest absolute Gasteiger partial charge is 0.126 e. The van der Waals surface area contributed by atoms with Crippen molar-refractivity contribution in [1.29, 1.82) is 0 Å². The molecule has 0 aliphatic carbocycles. The van der Waals surface area contributed by atoms with Gasteiger partial charge in [-0.2, -0.15) is 0 Å². The summed E-state index contributed by atoms with van der Waals surface area (Å²) < 4.78 is 18.9. The molecule has 0 aromatic heterocycles. The Kier molecular flexibility index (Phi) is 4.37. The van der Waals surface area contributed by atoms with Crippen LogP contribution in [-0.4, -0.2) is 19.3 Å². The molecule has 0 saturated carbocycles. The van der Waals surface area contributed by atoms with Gasteiger partial charge in [0.2, 0.25) is 0 Å². The van der Waals surface area contributed by atoms with Crippen LogP contribution < -0.4 is 5.73 Å². The minimum Gasteiger partial charge on any atom is -0.381 e. The van der Waals surface area contributed by atoms with Crippen molar-refractivity contribution in [2.24, 2.45) is 11.7 Å². The fraction of sp³-hybridized carbons (Fsp3) is 0.538. The van der Waals surface area contributed by atoms with Gasteiger partial charge in [-0.1, -0.05) is 11.6 Å². The molecule has 0 spiro atoms. The van der Waals surface area contributed by atoms with E-state index in [1.165, 1.54) is 6.07 Å². The number of nitrogens with two attached hydrogens (primary N) is 1. The summed E-state index contributed by atoms with van der Waals surface area (Å²) in [5, 5.41) is 0.550. The molecular formula is C13H17ClFNO. The van der Waals surface area contributed by atoms with Gasteiger partial charge in [-0.15, -0.1) is 0 Å². The molecule has 2 atom stereocenters. The number of halogens is 2. The van der Waals surface area contributed by atoms with E-state index in [2.05, 4.69) is 0 Å². The first-order valence-electron chi connectivity index (χ1n) is 5.94. The SMILES string of the molecule is NC(Cc1cc(Cl)ccc1F)C1CCCOC1. The fourth-order valence-electron chi connectivity index (χ4n) is 2.22. The van der Waals surface area contributed by atoms with Gasteiger partial charge in [-0.3, -0.25) is 0 Å². The fourth-order valence-corrected chi connectivity index (χ4v) is 2.42. The summed E-state index contributed by atoms with van der Waals surface area (Å²) in [6.45, 7) is 1.50. The molecule has 1 fully saturated rings. The Morgan fingerprint density at radius 3 is 3.06 bits per heavy atom. The number of hydrogen-bond donors (Lipinski definition) is 1. The minimum atomic E-state index is -0.235. The van der Waals surface area contributed by atoms with E-state index in [4.69, 9.17) is 22.1 Å². The molecule has 1 aromatic carbocycles. The van der Waals surface area contributed by atoms with Crippen molar-refractivity contribution in [2.45, 2.75) is 25.3 Å². The van der Waals surface area contributed by atoms with Crippen LogP contribution in [0.15, 0.2) is 18.2 Å². The van der Waals surface area contributed by atoms with Gasteiger partial charge in [-0.05, 0) is 48.9 Å². The molecular weight excluding hydrogens is 241 g/mol. The average molecular weight is 258 g/mol. The Morgan fingerprint density at radius 1 is 1.53 bits per heavy atom. The second-order valence-corrected chi connectivity index (χ2v) is 5.02. The van der Waals surface area contributed by atoms with Crippen molar-refractivity contribution in [1.82, 2.24) is 0 Å². The second-order valence-electron chi connectivity index (χ2n) is 4.58. The lowest BCUT2D eigenvalue weighted by atomic mass is 9.90. The van der Waals surface area contributed by atoms with Gasteiger partial charge in [0.05, 0.1) is 6.61 Å². The van der Waals surface area contributed by atoms with E-state index in [1.807, 2.05) is 0 Å². The van der Waals surface area contributed by atoms with Crippen LogP contribution in [0.2, 0.25) is 5.02 Å². The maximum atomic E-state index is 13.6. The van der Waals surface area contributed by atoms with Crippen molar-refractivity contribution in [2.75, 3.05) is 13.2 Å². The molecule has 1 heterocycles. The summed E-state index contributed by atoms with van der Waals surface area (Å²) in [5.41, 5.74) is 6.70. The Bertz CT molecular complexity index is 380. The lowest BCUT2D eigenvalue weighted by Gasteiger charge is -2.27. The van der Waals surface area contributed by atoms with Crippen molar-refractivity contribution >= 4 is 11.6 Å². The second kappa shape index (κ2) is 5.80. The summed E-state index contributed by atoms with van der Waals surface area (Å²) in [5.74, 6) is 0.0868. The molecule has 17 heavy (non-hydrogen) atoms. The van der Waals surface area contributed by atoms with Crippen molar-refractivity contribution < 1.29 is 9.13 Å². The zero-order valence-corrected chi connectivity index (χ0v) is 10.4. The monoisotopic (exact) mass is 257 g/mol. The third-order valence-electron chi connectivity index (χ3n) is 3.26. The molecule has 2 nitrogen and oxygen atoms in total. The summed E-state index contributed by atoms with van der Waals surface area (Å²) in [6.07, 6.45) is 2.61. The summed E-state index contributed by atoms with van der Waals surface area (Å²) in [4.78, 5) is 0. The molecule has 0 bridgehead atoms. The molecule has 1 aliphatic rings. The van der Waals surface area contributed by atoms with Gasteiger partial charge < -0.3 is 10.5 Å². The molecule has 1 aromatic rings. The zero-order chi connectivity index (χ0) is 12.3. The Balaban J connectivity index is 2.01. The van der Waals surface area contributed by atoms with Crippen LogP contribution in [0.3, 0.4) is 0 Å². The van der Waals surface area contributed by atoms with E-state index in [9.17, 15) is 4.39 Å². The Labute approximate surface area is 106 Å². The van der Waals surface area contributed by atoms with Crippen LogP contribution >= 0.6 is 11.6 Å². The van der Waals surface area contributed by atoms with E-state index >= 15 is 0 Å². The van der Waals surface area contributed by atoms with Crippen molar-refractivity contribution in [3.63, 3.8) is 0 Å². The molecule has 0 amide bonds. The zero-order valence-electron chi connectivity index (χ0n) is 9.66. The van der Waals surface area contributed by atoms with E-state index in [0.29, 0.717) is 29.5 Å². The van der Waals surface area contributed by atoms with Crippen LogP contribution in [0.4, 0.5) is 4.39 Å². The molecule has 2 N–H and O–H groups in total. The first-order chi connectivity index (χ1) is 8.16.